The van der Waals surface area contributed by atoms with Crippen LogP contribution >= 0.6 is 11.6 Å². The van der Waals surface area contributed by atoms with Gasteiger partial charge in [-0.15, -0.1) is 0 Å². The first-order chi connectivity index (χ1) is 5.24. The van der Waals surface area contributed by atoms with Crippen LogP contribution in [0.5, 0.6) is 0 Å². The van der Waals surface area contributed by atoms with Gasteiger partial charge in [0.25, 0.3) is 0 Å². The zero-order valence-corrected chi connectivity index (χ0v) is 6.67. The van der Waals surface area contributed by atoms with E-state index in [9.17, 15) is 0 Å². The summed E-state index contributed by atoms with van der Waals surface area (Å²) >= 11 is 5.71. The second-order valence-corrected chi connectivity index (χ2v) is 2.67. The molecular formula is C9H7ClN. The van der Waals surface area contributed by atoms with E-state index in [-0.39, 0.29) is 5.92 Å². The van der Waals surface area contributed by atoms with Crippen LogP contribution in [0.3, 0.4) is 0 Å². The maximum absolute atomic E-state index is 8.52. The van der Waals surface area contributed by atoms with Crippen LogP contribution in [0.4, 0.5) is 0 Å². The highest BCUT2D eigenvalue weighted by Gasteiger charge is 2.02. The minimum Gasteiger partial charge on any atom is -0.198 e. The Kier molecular flexibility index (Phi) is 2.51. The SMILES string of the molecule is [CH2]C(C#N)c1cccc(Cl)c1. The van der Waals surface area contributed by atoms with Crippen LogP contribution in [-0.4, -0.2) is 0 Å². The third-order valence-electron chi connectivity index (χ3n) is 1.41. The fourth-order valence-electron chi connectivity index (χ4n) is 0.798. The van der Waals surface area contributed by atoms with E-state index < -0.39 is 0 Å². The molecule has 55 valence electrons. The molecule has 0 aliphatic rings. The summed E-state index contributed by atoms with van der Waals surface area (Å²) in [7, 11) is 0. The summed E-state index contributed by atoms with van der Waals surface area (Å²) in [6.45, 7) is 3.65. The Labute approximate surface area is 71.2 Å². The number of benzene rings is 1. The molecule has 0 N–H and O–H groups in total. The molecule has 2 heteroatoms. The van der Waals surface area contributed by atoms with Gasteiger partial charge in [0.05, 0.1) is 12.0 Å². The van der Waals surface area contributed by atoms with Crippen LogP contribution in [0.25, 0.3) is 0 Å². The van der Waals surface area contributed by atoms with Crippen LogP contribution < -0.4 is 0 Å². The molecule has 0 aliphatic carbocycles. The molecule has 0 spiro atoms. The summed E-state index contributed by atoms with van der Waals surface area (Å²) < 4.78 is 0. The van der Waals surface area contributed by atoms with Crippen LogP contribution in [0, 0.1) is 18.3 Å². The largest absolute Gasteiger partial charge is 0.198 e. The number of hydrogen-bond donors (Lipinski definition) is 0. The molecule has 1 rings (SSSR count). The molecule has 1 radical (unpaired) electrons. The second-order valence-electron chi connectivity index (χ2n) is 2.24. The first-order valence-electron chi connectivity index (χ1n) is 3.22. The van der Waals surface area contributed by atoms with E-state index in [1.807, 2.05) is 18.2 Å². The quantitative estimate of drug-likeness (QED) is 0.626. The normalized spacial score (nSPS) is 12.1. The summed E-state index contributed by atoms with van der Waals surface area (Å²) in [6.07, 6.45) is 0. The summed E-state index contributed by atoms with van der Waals surface area (Å²) in [6, 6.07) is 9.22. The minimum absolute atomic E-state index is 0.325. The molecule has 1 nitrogen and oxygen atoms in total. The minimum atomic E-state index is -0.325. The molecule has 0 heterocycles. The van der Waals surface area contributed by atoms with E-state index in [1.165, 1.54) is 0 Å². The lowest BCUT2D eigenvalue weighted by atomic mass is 10.0. The Morgan fingerprint density at radius 2 is 2.27 bits per heavy atom. The molecule has 1 aromatic carbocycles. The van der Waals surface area contributed by atoms with Crippen molar-refractivity contribution < 1.29 is 0 Å². The summed E-state index contributed by atoms with van der Waals surface area (Å²) in [5, 5.41) is 9.17. The maximum Gasteiger partial charge on any atom is 0.0713 e. The van der Waals surface area contributed by atoms with E-state index in [4.69, 9.17) is 16.9 Å². The van der Waals surface area contributed by atoms with Crippen LogP contribution in [-0.2, 0) is 0 Å². The molecule has 1 aromatic rings. The van der Waals surface area contributed by atoms with Crippen molar-refractivity contribution in [3.63, 3.8) is 0 Å². The molecule has 11 heavy (non-hydrogen) atoms. The average molecular weight is 165 g/mol. The van der Waals surface area contributed by atoms with Crippen molar-refractivity contribution in [1.82, 2.24) is 0 Å². The van der Waals surface area contributed by atoms with Gasteiger partial charge in [0.2, 0.25) is 0 Å². The summed E-state index contributed by atoms with van der Waals surface area (Å²) in [5.74, 6) is -0.325. The van der Waals surface area contributed by atoms with Crippen LogP contribution in [0.2, 0.25) is 5.02 Å². The Morgan fingerprint density at radius 1 is 1.55 bits per heavy atom. The third kappa shape index (κ3) is 1.96. The molecule has 0 saturated carbocycles. The fraction of sp³-hybridized carbons (Fsp3) is 0.111. The van der Waals surface area contributed by atoms with Crippen molar-refractivity contribution in [2.75, 3.05) is 0 Å². The highest BCUT2D eigenvalue weighted by atomic mass is 35.5. The number of rotatable bonds is 1. The standard InChI is InChI=1S/C9H7ClN/c1-7(6-11)8-3-2-4-9(10)5-8/h2-5,7H,1H2. The molecule has 0 fully saturated rings. The first kappa shape index (κ1) is 8.10. The van der Waals surface area contributed by atoms with Gasteiger partial charge in [-0.05, 0) is 24.6 Å². The van der Waals surface area contributed by atoms with Crippen molar-refractivity contribution in [2.24, 2.45) is 0 Å². The Bertz CT molecular complexity index is 288. The van der Waals surface area contributed by atoms with Crippen molar-refractivity contribution in [1.29, 1.82) is 5.26 Å². The van der Waals surface area contributed by atoms with Crippen molar-refractivity contribution in [3.8, 4) is 6.07 Å². The topological polar surface area (TPSA) is 23.8 Å². The maximum atomic E-state index is 8.52. The Hall–Kier alpha value is -1.00. The zero-order valence-electron chi connectivity index (χ0n) is 5.92. The van der Waals surface area contributed by atoms with Gasteiger partial charge in [-0.3, -0.25) is 0 Å². The Balaban J connectivity index is 2.98. The van der Waals surface area contributed by atoms with E-state index in [0.29, 0.717) is 5.02 Å². The molecule has 0 aliphatic heterocycles. The van der Waals surface area contributed by atoms with Crippen molar-refractivity contribution in [2.45, 2.75) is 5.92 Å². The highest BCUT2D eigenvalue weighted by Crippen LogP contribution is 2.17. The molecule has 1 unspecified atom stereocenters. The fourth-order valence-corrected chi connectivity index (χ4v) is 0.997. The van der Waals surface area contributed by atoms with Gasteiger partial charge in [0, 0.05) is 5.02 Å². The predicted molar refractivity (Wildman–Crippen MR) is 45.2 cm³/mol. The highest BCUT2D eigenvalue weighted by molar-refractivity contribution is 6.30. The molecule has 1 atom stereocenters. The van der Waals surface area contributed by atoms with Gasteiger partial charge in [0.1, 0.15) is 0 Å². The smallest absolute Gasteiger partial charge is 0.0713 e. The van der Waals surface area contributed by atoms with Crippen LogP contribution in [0.15, 0.2) is 24.3 Å². The van der Waals surface area contributed by atoms with E-state index in [1.54, 1.807) is 12.1 Å². The monoisotopic (exact) mass is 164 g/mol. The van der Waals surface area contributed by atoms with Gasteiger partial charge >= 0.3 is 0 Å². The summed E-state index contributed by atoms with van der Waals surface area (Å²) in [5.41, 5.74) is 0.861. The lowest BCUT2D eigenvalue weighted by molar-refractivity contribution is 1.09. The molecule has 0 saturated heterocycles. The lowest BCUT2D eigenvalue weighted by Gasteiger charge is -2.01. The third-order valence-corrected chi connectivity index (χ3v) is 1.64. The molecular weight excluding hydrogens is 158 g/mol. The van der Waals surface area contributed by atoms with Crippen molar-refractivity contribution in [3.05, 3.63) is 41.8 Å². The molecule has 0 amide bonds. The zero-order chi connectivity index (χ0) is 8.27. The van der Waals surface area contributed by atoms with Gasteiger partial charge in [-0.25, -0.2) is 0 Å². The van der Waals surface area contributed by atoms with Gasteiger partial charge in [-0.1, -0.05) is 23.7 Å². The number of nitrogens with zero attached hydrogens (tertiary/aromatic N) is 1. The molecule has 0 bridgehead atoms. The van der Waals surface area contributed by atoms with Gasteiger partial charge < -0.3 is 0 Å². The Morgan fingerprint density at radius 3 is 2.82 bits per heavy atom. The number of nitriles is 1. The number of hydrogen-bond acceptors (Lipinski definition) is 1. The van der Waals surface area contributed by atoms with Crippen molar-refractivity contribution >= 4 is 11.6 Å². The van der Waals surface area contributed by atoms with Gasteiger partial charge in [0.15, 0.2) is 0 Å². The van der Waals surface area contributed by atoms with E-state index in [0.717, 1.165) is 5.56 Å². The van der Waals surface area contributed by atoms with Gasteiger partial charge in [-0.2, -0.15) is 5.26 Å². The van der Waals surface area contributed by atoms with E-state index in [2.05, 4.69) is 6.92 Å². The number of halogens is 1. The first-order valence-corrected chi connectivity index (χ1v) is 3.60. The second kappa shape index (κ2) is 3.41. The predicted octanol–water partition coefficient (Wildman–Crippen LogP) is 2.78. The lowest BCUT2D eigenvalue weighted by Crippen LogP contribution is -1.88. The molecule has 0 aromatic heterocycles. The van der Waals surface area contributed by atoms with E-state index >= 15 is 0 Å². The average Bonchev–Trinajstić information content (AvgIpc) is 2.03. The van der Waals surface area contributed by atoms with Crippen LogP contribution in [0.1, 0.15) is 11.5 Å². The summed E-state index contributed by atoms with van der Waals surface area (Å²) in [4.78, 5) is 0.